The molecule has 0 rings (SSSR count). The summed E-state index contributed by atoms with van der Waals surface area (Å²) in [5.41, 5.74) is 21.4. The number of hydrogen-bond donors (Lipinski definition) is 9. The molecule has 0 aliphatic rings. The Hall–Kier alpha value is -3.46. The summed E-state index contributed by atoms with van der Waals surface area (Å²) in [5, 5.41) is 26.2. The summed E-state index contributed by atoms with van der Waals surface area (Å²) in [4.78, 5) is 64.5. The molecule has 0 aromatic heterocycles. The Labute approximate surface area is 203 Å². The van der Waals surface area contributed by atoms with Gasteiger partial charge in [0.15, 0.2) is 5.96 Å². The van der Waals surface area contributed by atoms with Crippen molar-refractivity contribution in [1.82, 2.24) is 16.0 Å². The molecule has 200 valence electrons. The minimum Gasteiger partial charge on any atom is -0.480 e. The number of carbonyl (C=O) groups excluding carboxylic acids is 4. The van der Waals surface area contributed by atoms with Gasteiger partial charge in [0.25, 0.3) is 0 Å². The van der Waals surface area contributed by atoms with Crippen molar-refractivity contribution in [2.75, 3.05) is 6.54 Å². The molecule has 0 aromatic carbocycles. The van der Waals surface area contributed by atoms with Crippen LogP contribution in [-0.2, 0) is 24.0 Å². The lowest BCUT2D eigenvalue weighted by Crippen LogP contribution is -2.60. The maximum absolute atomic E-state index is 12.8. The van der Waals surface area contributed by atoms with Gasteiger partial charge in [0.2, 0.25) is 23.6 Å². The van der Waals surface area contributed by atoms with Crippen molar-refractivity contribution < 1.29 is 34.2 Å². The number of carbonyl (C=O) groups is 5. The highest BCUT2D eigenvalue weighted by Gasteiger charge is 2.34. The monoisotopic (exact) mass is 502 g/mol. The molecule has 0 aliphatic carbocycles. The van der Waals surface area contributed by atoms with Gasteiger partial charge in [-0.25, -0.2) is 4.79 Å². The van der Waals surface area contributed by atoms with Crippen molar-refractivity contribution in [2.24, 2.45) is 33.8 Å². The van der Waals surface area contributed by atoms with E-state index in [9.17, 15) is 34.2 Å². The third-order valence-corrected chi connectivity index (χ3v) is 5.18. The van der Waals surface area contributed by atoms with Gasteiger partial charge in [-0.2, -0.15) is 0 Å². The van der Waals surface area contributed by atoms with Crippen LogP contribution in [0.4, 0.5) is 0 Å². The van der Waals surface area contributed by atoms with E-state index in [2.05, 4.69) is 20.9 Å². The Kier molecular flexibility index (Phi) is 13.9. The highest BCUT2D eigenvalue weighted by atomic mass is 16.4. The summed E-state index contributed by atoms with van der Waals surface area (Å²) >= 11 is 0. The number of rotatable bonds is 16. The molecule has 0 heterocycles. The summed E-state index contributed by atoms with van der Waals surface area (Å²) in [7, 11) is 0. The zero-order valence-electron chi connectivity index (χ0n) is 20.2. The Morgan fingerprint density at radius 1 is 0.914 bits per heavy atom. The predicted octanol–water partition coefficient (Wildman–Crippen LogP) is -3.79. The van der Waals surface area contributed by atoms with Crippen molar-refractivity contribution >= 4 is 35.6 Å². The SMILES string of the molecule is CCC(C)C(NC(=O)C(NC(=O)C(CC(N)=O)NC(=O)C(N)CCCN=C(N)N)C(C)O)C(=O)O. The van der Waals surface area contributed by atoms with Gasteiger partial charge in [-0.3, -0.25) is 24.2 Å². The number of nitrogens with zero attached hydrogens (tertiary/aromatic N) is 1. The lowest BCUT2D eigenvalue weighted by atomic mass is 9.98. The second-order valence-corrected chi connectivity index (χ2v) is 8.22. The van der Waals surface area contributed by atoms with E-state index >= 15 is 0 Å². The molecule has 0 fully saturated rings. The number of nitrogens with one attached hydrogen (secondary N) is 3. The van der Waals surface area contributed by atoms with Gasteiger partial charge < -0.3 is 49.1 Å². The minimum atomic E-state index is -1.58. The van der Waals surface area contributed by atoms with Crippen LogP contribution in [-0.4, -0.2) is 82.6 Å². The molecule has 0 saturated heterocycles. The van der Waals surface area contributed by atoms with Crippen LogP contribution in [0.25, 0.3) is 0 Å². The second kappa shape index (κ2) is 15.4. The van der Waals surface area contributed by atoms with Crippen LogP contribution in [0.1, 0.15) is 46.5 Å². The van der Waals surface area contributed by atoms with Gasteiger partial charge in [-0.05, 0) is 25.7 Å². The summed E-state index contributed by atoms with van der Waals surface area (Å²) in [6.45, 7) is 4.79. The number of carboxylic acids is 1. The molecule has 4 amide bonds. The fourth-order valence-corrected chi connectivity index (χ4v) is 2.92. The third-order valence-electron chi connectivity index (χ3n) is 5.18. The molecule has 0 aliphatic heterocycles. The molecule has 6 atom stereocenters. The molecule has 6 unspecified atom stereocenters. The molecule has 0 saturated carbocycles. The molecule has 0 aromatic rings. The highest BCUT2D eigenvalue weighted by Crippen LogP contribution is 2.09. The topological polar surface area (TPSA) is 278 Å². The molecule has 15 heteroatoms. The Balaban J connectivity index is 5.38. The maximum Gasteiger partial charge on any atom is 0.326 e. The minimum absolute atomic E-state index is 0.114. The summed E-state index contributed by atoms with van der Waals surface area (Å²) in [6, 6.07) is -5.39. The number of carboxylic acid groups (broad SMARTS) is 1. The van der Waals surface area contributed by atoms with Crippen LogP contribution in [0.3, 0.4) is 0 Å². The molecular formula is C20H38N8O7. The Morgan fingerprint density at radius 2 is 1.49 bits per heavy atom. The second-order valence-electron chi connectivity index (χ2n) is 8.22. The van der Waals surface area contributed by atoms with Crippen molar-refractivity contribution in [3.05, 3.63) is 0 Å². The van der Waals surface area contributed by atoms with Crippen LogP contribution in [0.2, 0.25) is 0 Å². The number of aliphatic hydroxyl groups excluding tert-OH is 1. The molecule has 35 heavy (non-hydrogen) atoms. The summed E-state index contributed by atoms with van der Waals surface area (Å²) in [5.74, 6) is -5.47. The van der Waals surface area contributed by atoms with E-state index < -0.39 is 72.2 Å². The van der Waals surface area contributed by atoms with Gasteiger partial charge in [0.1, 0.15) is 18.1 Å². The maximum atomic E-state index is 12.8. The average molecular weight is 503 g/mol. The zero-order valence-corrected chi connectivity index (χ0v) is 20.2. The Morgan fingerprint density at radius 3 is 1.94 bits per heavy atom. The van der Waals surface area contributed by atoms with E-state index in [1.54, 1.807) is 13.8 Å². The number of amides is 4. The number of aliphatic imine (C=N–C) groups is 1. The van der Waals surface area contributed by atoms with Crippen LogP contribution < -0.4 is 38.9 Å². The molecular weight excluding hydrogens is 464 g/mol. The van der Waals surface area contributed by atoms with Gasteiger partial charge in [-0.1, -0.05) is 20.3 Å². The fourth-order valence-electron chi connectivity index (χ4n) is 2.92. The fraction of sp³-hybridized carbons (Fsp3) is 0.700. The van der Waals surface area contributed by atoms with E-state index in [-0.39, 0.29) is 18.9 Å². The Bertz CT molecular complexity index is 785. The van der Waals surface area contributed by atoms with Crippen molar-refractivity contribution in [3.8, 4) is 0 Å². The number of nitrogens with two attached hydrogens (primary N) is 4. The number of aliphatic carboxylic acids is 1. The largest absolute Gasteiger partial charge is 0.480 e. The van der Waals surface area contributed by atoms with Gasteiger partial charge in [0, 0.05) is 6.54 Å². The standard InChI is InChI=1S/C20H38N8O7/c1-4-9(2)14(19(34)35)27-18(33)15(10(3)29)28-17(32)12(8-13(22)30)26-16(31)11(21)6-5-7-25-20(23)24/h9-12,14-15,29H,4-8,21H2,1-3H3,(H2,22,30)(H,26,31)(H,27,33)(H,28,32)(H,34,35)(H4,23,24,25). The lowest BCUT2D eigenvalue weighted by Gasteiger charge is -2.27. The third kappa shape index (κ3) is 12.0. The van der Waals surface area contributed by atoms with Gasteiger partial charge in [0.05, 0.1) is 18.6 Å². The number of hydrogen-bond acceptors (Lipinski definition) is 8. The average Bonchev–Trinajstić information content (AvgIpc) is 2.76. The zero-order chi connectivity index (χ0) is 27.3. The molecule has 0 radical (unpaired) electrons. The van der Waals surface area contributed by atoms with Crippen LogP contribution in [0.15, 0.2) is 4.99 Å². The summed E-state index contributed by atoms with van der Waals surface area (Å²) in [6.07, 6.45) is -1.07. The molecule has 0 spiro atoms. The first-order valence-corrected chi connectivity index (χ1v) is 11.1. The number of primary amides is 1. The quantitative estimate of drug-likeness (QED) is 0.0563. The highest BCUT2D eigenvalue weighted by molar-refractivity contribution is 5.96. The van der Waals surface area contributed by atoms with Crippen molar-refractivity contribution in [1.29, 1.82) is 0 Å². The van der Waals surface area contributed by atoms with E-state index in [0.717, 1.165) is 0 Å². The molecule has 13 N–H and O–H groups in total. The number of aliphatic hydroxyl groups is 1. The van der Waals surface area contributed by atoms with E-state index in [0.29, 0.717) is 12.8 Å². The number of guanidine groups is 1. The van der Waals surface area contributed by atoms with Crippen LogP contribution in [0, 0.1) is 5.92 Å². The van der Waals surface area contributed by atoms with E-state index in [4.69, 9.17) is 22.9 Å². The first-order valence-electron chi connectivity index (χ1n) is 11.1. The van der Waals surface area contributed by atoms with Gasteiger partial charge in [-0.15, -0.1) is 0 Å². The van der Waals surface area contributed by atoms with E-state index in [1.807, 2.05) is 0 Å². The van der Waals surface area contributed by atoms with E-state index in [1.165, 1.54) is 6.92 Å². The summed E-state index contributed by atoms with van der Waals surface area (Å²) < 4.78 is 0. The van der Waals surface area contributed by atoms with Crippen LogP contribution in [0.5, 0.6) is 0 Å². The predicted molar refractivity (Wildman–Crippen MR) is 126 cm³/mol. The molecule has 15 nitrogen and oxygen atoms in total. The first kappa shape index (κ1) is 31.5. The van der Waals surface area contributed by atoms with Crippen molar-refractivity contribution in [3.63, 3.8) is 0 Å². The molecule has 0 bridgehead atoms. The normalized spacial score (nSPS) is 15.9. The van der Waals surface area contributed by atoms with Crippen molar-refractivity contribution in [2.45, 2.75) is 76.7 Å². The lowest BCUT2D eigenvalue weighted by molar-refractivity contribution is -0.144. The van der Waals surface area contributed by atoms with Crippen LogP contribution >= 0.6 is 0 Å². The first-order chi connectivity index (χ1) is 16.2. The van der Waals surface area contributed by atoms with Gasteiger partial charge >= 0.3 is 5.97 Å². The smallest absolute Gasteiger partial charge is 0.326 e.